The van der Waals surface area contributed by atoms with Crippen molar-refractivity contribution in [2.45, 2.75) is 12.1 Å². The Morgan fingerprint density at radius 1 is 1.53 bits per heavy atom. The van der Waals surface area contributed by atoms with Gasteiger partial charge in [0.2, 0.25) is 0 Å². The quantitative estimate of drug-likeness (QED) is 0.637. The Morgan fingerprint density at radius 2 is 2.35 bits per heavy atom. The Hall–Kier alpha value is -1.07. The number of carbonyl (C=O) groups excluding carboxylic acids is 1. The van der Waals surface area contributed by atoms with Crippen LogP contribution >= 0.6 is 27.7 Å². The van der Waals surface area contributed by atoms with Crippen molar-refractivity contribution in [1.82, 2.24) is 4.98 Å². The van der Waals surface area contributed by atoms with Gasteiger partial charge in [0.1, 0.15) is 6.26 Å². The summed E-state index contributed by atoms with van der Waals surface area (Å²) in [6.45, 7) is 1.85. The number of hydrogen-bond acceptors (Lipinski definition) is 4. The number of carbonyl (C=O) groups is 1. The molecule has 0 aliphatic carbocycles. The van der Waals surface area contributed by atoms with E-state index in [0.29, 0.717) is 16.5 Å². The largest absolute Gasteiger partial charge is 0.440 e. The molecule has 0 atom stereocenters. The van der Waals surface area contributed by atoms with Crippen molar-refractivity contribution in [2.75, 3.05) is 5.75 Å². The van der Waals surface area contributed by atoms with E-state index in [1.807, 2.05) is 25.1 Å². The van der Waals surface area contributed by atoms with Crippen LogP contribution in [0.5, 0.6) is 0 Å². The predicted octanol–water partition coefficient (Wildman–Crippen LogP) is 3.72. The van der Waals surface area contributed by atoms with Crippen molar-refractivity contribution in [3.05, 3.63) is 46.3 Å². The third-order valence-electron chi connectivity index (χ3n) is 2.07. The molecule has 2 aromatic rings. The molecular formula is C12H10BrNO2S. The topological polar surface area (TPSA) is 43.1 Å². The lowest BCUT2D eigenvalue weighted by Crippen LogP contribution is -2.02. The maximum Gasteiger partial charge on any atom is 0.256 e. The van der Waals surface area contributed by atoms with Crippen molar-refractivity contribution in [1.29, 1.82) is 0 Å². The standard InChI is InChI=1S/C12H10BrNO2S/c1-8-6-16-12(14-8)17-7-11(15)9-3-2-4-10(13)5-9/h2-6H,7H2,1H3. The Balaban J connectivity index is 1.98. The maximum atomic E-state index is 11.9. The summed E-state index contributed by atoms with van der Waals surface area (Å²) < 4.78 is 6.07. The van der Waals surface area contributed by atoms with E-state index in [-0.39, 0.29) is 5.78 Å². The zero-order chi connectivity index (χ0) is 12.3. The van der Waals surface area contributed by atoms with Gasteiger partial charge in [0, 0.05) is 10.0 Å². The molecule has 0 spiro atoms. The van der Waals surface area contributed by atoms with Crippen molar-refractivity contribution in [3.63, 3.8) is 0 Å². The first-order valence-corrected chi connectivity index (χ1v) is 6.77. The summed E-state index contributed by atoms with van der Waals surface area (Å²) in [6, 6.07) is 7.34. The number of halogens is 1. The minimum atomic E-state index is 0.0622. The van der Waals surface area contributed by atoms with Crippen LogP contribution in [0.2, 0.25) is 0 Å². The van der Waals surface area contributed by atoms with Gasteiger partial charge in [0.05, 0.1) is 11.4 Å². The van der Waals surface area contributed by atoms with E-state index >= 15 is 0 Å². The first kappa shape index (κ1) is 12.4. The molecule has 1 aromatic heterocycles. The molecule has 0 N–H and O–H groups in total. The Morgan fingerprint density at radius 3 is 3.00 bits per heavy atom. The number of nitrogens with zero attached hydrogens (tertiary/aromatic N) is 1. The molecule has 0 amide bonds. The van der Waals surface area contributed by atoms with Crippen molar-refractivity contribution in [2.24, 2.45) is 0 Å². The van der Waals surface area contributed by atoms with E-state index in [2.05, 4.69) is 20.9 Å². The number of aryl methyl sites for hydroxylation is 1. The fourth-order valence-electron chi connectivity index (χ4n) is 1.27. The summed E-state index contributed by atoms with van der Waals surface area (Å²) in [4.78, 5) is 16.0. The lowest BCUT2D eigenvalue weighted by atomic mass is 10.2. The highest BCUT2D eigenvalue weighted by Crippen LogP contribution is 2.19. The average molecular weight is 312 g/mol. The van der Waals surface area contributed by atoms with Crippen LogP contribution in [0.3, 0.4) is 0 Å². The number of oxazole rings is 1. The van der Waals surface area contributed by atoms with E-state index in [1.54, 1.807) is 12.3 Å². The molecule has 0 bridgehead atoms. The average Bonchev–Trinajstić information content (AvgIpc) is 2.72. The molecule has 0 radical (unpaired) electrons. The summed E-state index contributed by atoms with van der Waals surface area (Å²) in [7, 11) is 0. The molecule has 0 aliphatic rings. The smallest absolute Gasteiger partial charge is 0.256 e. The van der Waals surface area contributed by atoms with Crippen LogP contribution < -0.4 is 0 Å². The molecular weight excluding hydrogens is 302 g/mol. The number of benzene rings is 1. The summed E-state index contributed by atoms with van der Waals surface area (Å²) in [5.41, 5.74) is 1.51. The molecule has 2 rings (SSSR count). The van der Waals surface area contributed by atoms with Gasteiger partial charge in [-0.1, -0.05) is 39.8 Å². The maximum absolute atomic E-state index is 11.9. The molecule has 0 fully saturated rings. The fraction of sp³-hybridized carbons (Fsp3) is 0.167. The van der Waals surface area contributed by atoms with Gasteiger partial charge in [0.15, 0.2) is 5.78 Å². The number of rotatable bonds is 4. The second-order valence-corrected chi connectivity index (χ2v) is 5.32. The van der Waals surface area contributed by atoms with Gasteiger partial charge in [0.25, 0.3) is 5.22 Å². The minimum Gasteiger partial charge on any atom is -0.440 e. The highest BCUT2D eigenvalue weighted by molar-refractivity contribution is 9.10. The van der Waals surface area contributed by atoms with E-state index in [0.717, 1.165) is 10.2 Å². The van der Waals surface area contributed by atoms with Crippen LogP contribution in [0.15, 0.2) is 44.6 Å². The molecule has 88 valence electrons. The number of aromatic nitrogens is 1. The third-order valence-corrected chi connectivity index (χ3v) is 3.41. The molecule has 0 saturated heterocycles. The van der Waals surface area contributed by atoms with Crippen LogP contribution in [0, 0.1) is 6.92 Å². The van der Waals surface area contributed by atoms with Crippen LogP contribution in [-0.2, 0) is 0 Å². The van der Waals surface area contributed by atoms with Crippen LogP contribution in [0.4, 0.5) is 0 Å². The summed E-state index contributed by atoms with van der Waals surface area (Å²) in [6.07, 6.45) is 1.58. The first-order valence-electron chi connectivity index (χ1n) is 4.99. The first-order chi connectivity index (χ1) is 8.15. The predicted molar refractivity (Wildman–Crippen MR) is 70.4 cm³/mol. The van der Waals surface area contributed by atoms with Gasteiger partial charge in [-0.3, -0.25) is 4.79 Å². The van der Waals surface area contributed by atoms with Gasteiger partial charge in [-0.15, -0.1) is 0 Å². The van der Waals surface area contributed by atoms with E-state index < -0.39 is 0 Å². The number of ketones is 1. The van der Waals surface area contributed by atoms with Crippen molar-refractivity contribution >= 4 is 33.5 Å². The third kappa shape index (κ3) is 3.44. The van der Waals surface area contributed by atoms with Gasteiger partial charge in [-0.2, -0.15) is 0 Å². The number of thioether (sulfide) groups is 1. The minimum absolute atomic E-state index is 0.0622. The molecule has 1 heterocycles. The molecule has 17 heavy (non-hydrogen) atoms. The highest BCUT2D eigenvalue weighted by atomic mass is 79.9. The zero-order valence-electron chi connectivity index (χ0n) is 9.14. The summed E-state index contributed by atoms with van der Waals surface area (Å²) in [5.74, 6) is 0.392. The van der Waals surface area contributed by atoms with E-state index in [4.69, 9.17) is 4.42 Å². The monoisotopic (exact) mass is 311 g/mol. The van der Waals surface area contributed by atoms with Gasteiger partial charge >= 0.3 is 0 Å². The van der Waals surface area contributed by atoms with Gasteiger partial charge in [-0.25, -0.2) is 4.98 Å². The van der Waals surface area contributed by atoms with Crippen LogP contribution in [-0.4, -0.2) is 16.5 Å². The summed E-state index contributed by atoms with van der Waals surface area (Å²) >= 11 is 4.65. The lowest BCUT2D eigenvalue weighted by molar-refractivity contribution is 0.102. The second-order valence-electron chi connectivity index (χ2n) is 3.48. The van der Waals surface area contributed by atoms with E-state index in [1.165, 1.54) is 11.8 Å². The van der Waals surface area contributed by atoms with Crippen LogP contribution in [0.1, 0.15) is 16.1 Å². The highest BCUT2D eigenvalue weighted by Gasteiger charge is 2.09. The Kier molecular flexibility index (Phi) is 4.02. The van der Waals surface area contributed by atoms with Crippen molar-refractivity contribution < 1.29 is 9.21 Å². The molecule has 3 nitrogen and oxygen atoms in total. The Labute approximate surface area is 112 Å². The SMILES string of the molecule is Cc1coc(SCC(=O)c2cccc(Br)c2)n1. The molecule has 0 unspecified atom stereocenters. The normalized spacial score (nSPS) is 10.5. The zero-order valence-corrected chi connectivity index (χ0v) is 11.5. The van der Waals surface area contributed by atoms with Crippen LogP contribution in [0.25, 0.3) is 0 Å². The molecule has 0 saturated carbocycles. The molecule has 5 heteroatoms. The second kappa shape index (κ2) is 5.51. The Bertz CT molecular complexity index is 539. The molecule has 1 aromatic carbocycles. The summed E-state index contributed by atoms with van der Waals surface area (Å²) in [5, 5.41) is 0.533. The number of Topliss-reactive ketones (excluding diaryl/α,β-unsaturated/α-hetero) is 1. The van der Waals surface area contributed by atoms with E-state index in [9.17, 15) is 4.79 Å². The lowest BCUT2D eigenvalue weighted by Gasteiger charge is -1.99. The molecule has 0 aliphatic heterocycles. The van der Waals surface area contributed by atoms with Gasteiger partial charge < -0.3 is 4.42 Å². The van der Waals surface area contributed by atoms with Gasteiger partial charge in [-0.05, 0) is 19.1 Å². The van der Waals surface area contributed by atoms with Crippen molar-refractivity contribution in [3.8, 4) is 0 Å². The number of hydrogen-bond donors (Lipinski definition) is 0. The fourth-order valence-corrected chi connectivity index (χ4v) is 2.42.